The van der Waals surface area contributed by atoms with Crippen molar-refractivity contribution in [3.8, 4) is 11.5 Å². The lowest BCUT2D eigenvalue weighted by atomic mass is 10.2. The average Bonchev–Trinajstić information content (AvgIpc) is 2.68. The van der Waals surface area contributed by atoms with E-state index in [4.69, 9.17) is 32.7 Å². The van der Waals surface area contributed by atoms with Crippen LogP contribution in [-0.2, 0) is 13.2 Å². The molecule has 3 nitrogen and oxygen atoms in total. The molecule has 140 valence electrons. The number of methoxy groups -OCH3 is 1. The summed E-state index contributed by atoms with van der Waals surface area (Å²) in [7, 11) is 1.65. The van der Waals surface area contributed by atoms with Gasteiger partial charge in [0.1, 0.15) is 18.1 Å². The van der Waals surface area contributed by atoms with Gasteiger partial charge in [-0.15, -0.1) is 0 Å². The second-order valence-electron chi connectivity index (χ2n) is 5.87. The number of rotatable bonds is 7. The minimum Gasteiger partial charge on any atom is -0.497 e. The lowest BCUT2D eigenvalue weighted by molar-refractivity contribution is 0.303. The number of benzene rings is 3. The molecule has 27 heavy (non-hydrogen) atoms. The number of nitrogens with one attached hydrogen (secondary N) is 1. The first-order valence-electron chi connectivity index (χ1n) is 8.28. The molecule has 6 heteroatoms. The van der Waals surface area contributed by atoms with Crippen LogP contribution in [0.5, 0.6) is 11.5 Å². The van der Waals surface area contributed by atoms with Gasteiger partial charge in [0.2, 0.25) is 0 Å². The van der Waals surface area contributed by atoms with Gasteiger partial charge in [-0.1, -0.05) is 45.2 Å². The minimum atomic E-state index is 0.411. The Balaban J connectivity index is 1.69. The topological polar surface area (TPSA) is 30.5 Å². The molecule has 0 heterocycles. The summed E-state index contributed by atoms with van der Waals surface area (Å²) in [5, 5.41) is 4.46. The van der Waals surface area contributed by atoms with Gasteiger partial charge in [0.05, 0.1) is 17.2 Å². The van der Waals surface area contributed by atoms with E-state index in [2.05, 4.69) is 21.2 Å². The first-order valence-corrected chi connectivity index (χ1v) is 9.83. The summed E-state index contributed by atoms with van der Waals surface area (Å²) < 4.78 is 12.2. The predicted octanol–water partition coefficient (Wildman–Crippen LogP) is 6.96. The zero-order valence-corrected chi connectivity index (χ0v) is 17.7. The van der Waals surface area contributed by atoms with Gasteiger partial charge in [-0.3, -0.25) is 0 Å². The maximum Gasteiger partial charge on any atom is 0.124 e. The molecule has 0 aliphatic heterocycles. The molecule has 0 atom stereocenters. The van der Waals surface area contributed by atoms with Crippen LogP contribution in [0.3, 0.4) is 0 Å². The zero-order chi connectivity index (χ0) is 19.2. The maximum absolute atomic E-state index is 6.07. The third-order valence-corrected chi connectivity index (χ3v) is 5.21. The summed E-state index contributed by atoms with van der Waals surface area (Å²) in [5.41, 5.74) is 3.01. The molecule has 1 N–H and O–H groups in total. The molecule has 3 aromatic rings. The van der Waals surface area contributed by atoms with E-state index < -0.39 is 0 Å². The Morgan fingerprint density at radius 1 is 0.926 bits per heavy atom. The van der Waals surface area contributed by atoms with E-state index in [1.807, 2.05) is 54.6 Å². The molecule has 0 aliphatic rings. The number of anilines is 1. The Hall–Kier alpha value is -1.88. The highest BCUT2D eigenvalue weighted by molar-refractivity contribution is 9.10. The monoisotopic (exact) mass is 465 g/mol. The zero-order valence-electron chi connectivity index (χ0n) is 14.6. The van der Waals surface area contributed by atoms with E-state index in [1.165, 1.54) is 0 Å². The summed E-state index contributed by atoms with van der Waals surface area (Å²) in [6.07, 6.45) is 0. The maximum atomic E-state index is 6.07. The highest BCUT2D eigenvalue weighted by atomic mass is 79.9. The second kappa shape index (κ2) is 9.36. The molecule has 0 fully saturated rings. The summed E-state index contributed by atoms with van der Waals surface area (Å²) in [6.45, 7) is 1.04. The lowest BCUT2D eigenvalue weighted by Crippen LogP contribution is -2.04. The fourth-order valence-electron chi connectivity index (χ4n) is 2.52. The van der Waals surface area contributed by atoms with Crippen LogP contribution in [0.15, 0.2) is 65.1 Å². The number of ether oxygens (including phenoxy) is 2. The van der Waals surface area contributed by atoms with Gasteiger partial charge in [-0.25, -0.2) is 0 Å². The highest BCUT2D eigenvalue weighted by Gasteiger charge is 2.07. The average molecular weight is 467 g/mol. The number of halogens is 3. The molecule has 0 saturated heterocycles. The third-order valence-electron chi connectivity index (χ3n) is 3.97. The van der Waals surface area contributed by atoms with E-state index in [-0.39, 0.29) is 0 Å². The molecule has 3 aromatic carbocycles. The molecular weight excluding hydrogens is 449 g/mol. The predicted molar refractivity (Wildman–Crippen MR) is 115 cm³/mol. The Kier molecular flexibility index (Phi) is 6.89. The molecule has 3 rings (SSSR count). The summed E-state index contributed by atoms with van der Waals surface area (Å²) >= 11 is 15.6. The first-order chi connectivity index (χ1) is 13.0. The van der Waals surface area contributed by atoms with E-state index in [0.29, 0.717) is 23.2 Å². The Morgan fingerprint density at radius 3 is 2.41 bits per heavy atom. The highest BCUT2D eigenvalue weighted by Crippen LogP contribution is 2.27. The molecule has 0 bridgehead atoms. The second-order valence-corrected chi connectivity index (χ2v) is 7.60. The molecule has 0 aliphatic carbocycles. The van der Waals surface area contributed by atoms with Crippen molar-refractivity contribution in [3.05, 3.63) is 86.3 Å². The van der Waals surface area contributed by atoms with Crippen molar-refractivity contribution in [3.63, 3.8) is 0 Å². The van der Waals surface area contributed by atoms with Crippen molar-refractivity contribution in [2.45, 2.75) is 13.2 Å². The van der Waals surface area contributed by atoms with Gasteiger partial charge in [0.15, 0.2) is 0 Å². The first kappa shape index (κ1) is 19.9. The van der Waals surface area contributed by atoms with E-state index in [1.54, 1.807) is 13.2 Å². The number of hydrogen-bond donors (Lipinski definition) is 1. The van der Waals surface area contributed by atoms with Crippen LogP contribution in [-0.4, -0.2) is 7.11 Å². The molecule has 0 saturated carbocycles. The smallest absolute Gasteiger partial charge is 0.124 e. The Bertz CT molecular complexity index is 917. The molecule has 0 aromatic heterocycles. The van der Waals surface area contributed by atoms with Crippen molar-refractivity contribution in [2.24, 2.45) is 0 Å². The van der Waals surface area contributed by atoms with Crippen LogP contribution in [0.25, 0.3) is 0 Å². The van der Waals surface area contributed by atoms with Crippen LogP contribution in [0.1, 0.15) is 11.1 Å². The van der Waals surface area contributed by atoms with Crippen molar-refractivity contribution < 1.29 is 9.47 Å². The van der Waals surface area contributed by atoms with Crippen LogP contribution in [0.4, 0.5) is 5.69 Å². The quantitative estimate of drug-likeness (QED) is 0.408. The summed E-state index contributed by atoms with van der Waals surface area (Å²) in [4.78, 5) is 0. The molecule has 0 amide bonds. The van der Waals surface area contributed by atoms with E-state index >= 15 is 0 Å². The van der Waals surface area contributed by atoms with Gasteiger partial charge < -0.3 is 14.8 Å². The van der Waals surface area contributed by atoms with Crippen molar-refractivity contribution in [1.29, 1.82) is 0 Å². The minimum absolute atomic E-state index is 0.411. The van der Waals surface area contributed by atoms with Crippen LogP contribution >= 0.6 is 39.1 Å². The van der Waals surface area contributed by atoms with Crippen molar-refractivity contribution >= 4 is 44.8 Å². The van der Waals surface area contributed by atoms with Crippen LogP contribution in [0.2, 0.25) is 10.0 Å². The summed E-state index contributed by atoms with van der Waals surface area (Å²) in [5.74, 6) is 1.64. The lowest BCUT2D eigenvalue weighted by Gasteiger charge is -2.14. The van der Waals surface area contributed by atoms with Gasteiger partial charge in [-0.05, 0) is 60.2 Å². The standard InChI is InChI=1S/C21H18BrCl2NO2/c1-26-18-6-4-17(5-7-18)25-12-15-11-16(22)3-9-21(15)27-13-14-2-8-19(23)20(24)10-14/h2-11,25H,12-13H2,1H3. The van der Waals surface area contributed by atoms with Crippen molar-refractivity contribution in [2.75, 3.05) is 12.4 Å². The van der Waals surface area contributed by atoms with Gasteiger partial charge in [0.25, 0.3) is 0 Å². The number of hydrogen-bond acceptors (Lipinski definition) is 3. The Labute approximate surface area is 177 Å². The van der Waals surface area contributed by atoms with E-state index in [0.717, 1.165) is 32.8 Å². The normalized spacial score (nSPS) is 10.5. The van der Waals surface area contributed by atoms with Crippen LogP contribution in [0, 0.1) is 0 Å². The Morgan fingerprint density at radius 2 is 1.70 bits per heavy atom. The van der Waals surface area contributed by atoms with E-state index in [9.17, 15) is 0 Å². The SMILES string of the molecule is COc1ccc(NCc2cc(Br)ccc2OCc2ccc(Cl)c(Cl)c2)cc1. The third kappa shape index (κ3) is 5.55. The van der Waals surface area contributed by atoms with Gasteiger partial charge >= 0.3 is 0 Å². The van der Waals surface area contributed by atoms with Crippen molar-refractivity contribution in [1.82, 2.24) is 0 Å². The molecule has 0 unspecified atom stereocenters. The van der Waals surface area contributed by atoms with Gasteiger partial charge in [0, 0.05) is 22.3 Å². The fraction of sp³-hybridized carbons (Fsp3) is 0.143. The summed E-state index contributed by atoms with van der Waals surface area (Å²) in [6, 6.07) is 19.3. The van der Waals surface area contributed by atoms with Crippen LogP contribution < -0.4 is 14.8 Å². The van der Waals surface area contributed by atoms with Gasteiger partial charge in [-0.2, -0.15) is 0 Å². The molecule has 0 spiro atoms. The molecule has 0 radical (unpaired) electrons. The largest absolute Gasteiger partial charge is 0.497 e. The fourth-order valence-corrected chi connectivity index (χ4v) is 3.25. The molecular formula is C21H18BrCl2NO2.